The average molecular weight is 207 g/mol. The number of aryl methyl sites for hydroxylation is 1. The molecule has 1 rings (SSSR count). The van der Waals surface area contributed by atoms with Crippen molar-refractivity contribution in [1.82, 2.24) is 0 Å². The van der Waals surface area contributed by atoms with Gasteiger partial charge in [0, 0.05) is 0 Å². The second-order valence-electron chi connectivity index (χ2n) is 3.48. The van der Waals surface area contributed by atoms with Crippen LogP contribution in [0.2, 0.25) is 0 Å². The molecule has 0 aliphatic rings. The second kappa shape index (κ2) is 4.84. The summed E-state index contributed by atoms with van der Waals surface area (Å²) in [6.07, 6.45) is 1.91. The number of carbonyl (C=O) groups is 1. The number of Topliss-reactive ketones (excluding diaryl/α,β-unsaturated/α-hetero) is 1. The van der Waals surface area contributed by atoms with Crippen LogP contribution < -0.4 is 5.73 Å². The number of halogens is 1. The summed E-state index contributed by atoms with van der Waals surface area (Å²) in [5, 5.41) is 0. The number of ketones is 1. The van der Waals surface area contributed by atoms with Crippen molar-refractivity contribution >= 4 is 5.78 Å². The van der Waals surface area contributed by atoms with Gasteiger partial charge in [0.1, 0.15) is 5.82 Å². The lowest BCUT2D eigenvalue weighted by atomic mass is 10.0. The third-order valence-electron chi connectivity index (χ3n) is 2.14. The van der Waals surface area contributed by atoms with Crippen molar-refractivity contribution in [1.29, 1.82) is 0 Å². The van der Waals surface area contributed by atoms with Crippen molar-refractivity contribution in [2.45, 2.75) is 19.4 Å². The minimum absolute atomic E-state index is 0.0596. The lowest BCUT2D eigenvalue weighted by Gasteiger charge is -2.09. The number of benzene rings is 1. The number of rotatable bonds is 4. The Hall–Kier alpha value is -1.48. The van der Waals surface area contributed by atoms with Crippen LogP contribution in [0.4, 0.5) is 4.39 Å². The van der Waals surface area contributed by atoms with Gasteiger partial charge in [-0.1, -0.05) is 17.7 Å². The first-order valence-electron chi connectivity index (χ1n) is 4.73. The molecule has 0 radical (unpaired) electrons. The van der Waals surface area contributed by atoms with E-state index in [-0.39, 0.29) is 11.3 Å². The fourth-order valence-electron chi connectivity index (χ4n) is 1.31. The Morgan fingerprint density at radius 1 is 1.67 bits per heavy atom. The minimum Gasteiger partial charge on any atom is -0.321 e. The maximum Gasteiger partial charge on any atom is 0.182 e. The normalized spacial score (nSPS) is 12.2. The highest BCUT2D eigenvalue weighted by Crippen LogP contribution is 2.12. The zero-order chi connectivity index (χ0) is 11.4. The standard InChI is InChI=1S/C12H14FNO/c1-3-4-11(14)12(15)9-7-8(2)5-6-10(9)13/h3,5-7,11H,1,4,14H2,2H3. The van der Waals surface area contributed by atoms with Crippen LogP contribution >= 0.6 is 0 Å². The van der Waals surface area contributed by atoms with Crippen LogP contribution in [-0.2, 0) is 0 Å². The van der Waals surface area contributed by atoms with Gasteiger partial charge in [0.15, 0.2) is 5.78 Å². The molecule has 2 N–H and O–H groups in total. The highest BCUT2D eigenvalue weighted by atomic mass is 19.1. The quantitative estimate of drug-likeness (QED) is 0.607. The highest BCUT2D eigenvalue weighted by Gasteiger charge is 2.17. The van der Waals surface area contributed by atoms with Gasteiger partial charge in [-0.25, -0.2) is 4.39 Å². The summed E-state index contributed by atoms with van der Waals surface area (Å²) in [4.78, 5) is 11.7. The van der Waals surface area contributed by atoms with Crippen LogP contribution in [0.25, 0.3) is 0 Å². The molecule has 1 aromatic carbocycles. The van der Waals surface area contributed by atoms with Crippen molar-refractivity contribution in [3.8, 4) is 0 Å². The topological polar surface area (TPSA) is 43.1 Å². The lowest BCUT2D eigenvalue weighted by Crippen LogP contribution is -2.30. The number of carbonyl (C=O) groups excluding carboxylic acids is 1. The van der Waals surface area contributed by atoms with E-state index in [1.165, 1.54) is 12.1 Å². The Morgan fingerprint density at radius 2 is 2.33 bits per heavy atom. The summed E-state index contributed by atoms with van der Waals surface area (Å²) in [6, 6.07) is 3.70. The van der Waals surface area contributed by atoms with E-state index in [1.54, 1.807) is 19.1 Å². The predicted octanol–water partition coefficient (Wildman–Crippen LogP) is 2.22. The SMILES string of the molecule is C=CCC(N)C(=O)c1cc(C)ccc1F. The third kappa shape index (κ3) is 2.73. The molecule has 1 aromatic rings. The van der Waals surface area contributed by atoms with Gasteiger partial charge in [-0.15, -0.1) is 6.58 Å². The Morgan fingerprint density at radius 3 is 2.93 bits per heavy atom. The van der Waals surface area contributed by atoms with Crippen molar-refractivity contribution in [2.75, 3.05) is 0 Å². The molecule has 2 nitrogen and oxygen atoms in total. The molecule has 0 saturated heterocycles. The minimum atomic E-state index is -0.709. The van der Waals surface area contributed by atoms with Gasteiger partial charge < -0.3 is 5.73 Å². The van der Waals surface area contributed by atoms with Gasteiger partial charge >= 0.3 is 0 Å². The Labute approximate surface area is 88.6 Å². The fraction of sp³-hybridized carbons (Fsp3) is 0.250. The van der Waals surface area contributed by atoms with E-state index in [0.29, 0.717) is 6.42 Å². The first kappa shape index (κ1) is 11.6. The number of hydrogen-bond donors (Lipinski definition) is 1. The zero-order valence-electron chi connectivity index (χ0n) is 8.66. The maximum atomic E-state index is 13.3. The lowest BCUT2D eigenvalue weighted by molar-refractivity contribution is 0.0958. The largest absolute Gasteiger partial charge is 0.321 e. The Kier molecular flexibility index (Phi) is 3.74. The van der Waals surface area contributed by atoms with E-state index in [0.717, 1.165) is 5.56 Å². The van der Waals surface area contributed by atoms with E-state index in [9.17, 15) is 9.18 Å². The van der Waals surface area contributed by atoms with E-state index < -0.39 is 11.9 Å². The average Bonchev–Trinajstić information content (AvgIpc) is 2.21. The smallest absolute Gasteiger partial charge is 0.182 e. The zero-order valence-corrected chi connectivity index (χ0v) is 8.66. The summed E-state index contributed by atoms with van der Waals surface area (Å²) in [7, 11) is 0. The molecule has 0 aromatic heterocycles. The molecule has 0 spiro atoms. The highest BCUT2D eigenvalue weighted by molar-refractivity contribution is 6.00. The van der Waals surface area contributed by atoms with E-state index in [4.69, 9.17) is 5.73 Å². The molecule has 0 aliphatic carbocycles. The maximum absolute atomic E-state index is 13.3. The molecule has 1 unspecified atom stereocenters. The first-order chi connectivity index (χ1) is 7.06. The summed E-state index contributed by atoms with van der Waals surface area (Å²) >= 11 is 0. The molecule has 0 heterocycles. The van der Waals surface area contributed by atoms with Crippen LogP contribution in [0.3, 0.4) is 0 Å². The van der Waals surface area contributed by atoms with E-state index in [1.807, 2.05) is 0 Å². The van der Waals surface area contributed by atoms with Crippen molar-refractivity contribution in [3.63, 3.8) is 0 Å². The predicted molar refractivity (Wildman–Crippen MR) is 58.3 cm³/mol. The van der Waals surface area contributed by atoms with Gasteiger partial charge in [-0.05, 0) is 25.5 Å². The first-order valence-corrected chi connectivity index (χ1v) is 4.73. The molecular weight excluding hydrogens is 193 g/mol. The molecule has 80 valence electrons. The van der Waals surface area contributed by atoms with E-state index >= 15 is 0 Å². The molecule has 15 heavy (non-hydrogen) atoms. The van der Waals surface area contributed by atoms with Gasteiger partial charge in [0.2, 0.25) is 0 Å². The van der Waals surface area contributed by atoms with Gasteiger partial charge in [0.05, 0.1) is 11.6 Å². The monoisotopic (exact) mass is 207 g/mol. The summed E-state index contributed by atoms with van der Waals surface area (Å²) in [6.45, 7) is 5.29. The van der Waals surface area contributed by atoms with Crippen molar-refractivity contribution < 1.29 is 9.18 Å². The number of hydrogen-bond acceptors (Lipinski definition) is 2. The van der Waals surface area contributed by atoms with Crippen LogP contribution in [0.1, 0.15) is 22.3 Å². The van der Waals surface area contributed by atoms with Crippen LogP contribution in [0.15, 0.2) is 30.9 Å². The van der Waals surface area contributed by atoms with Crippen molar-refractivity contribution in [2.24, 2.45) is 5.73 Å². The molecule has 0 fully saturated rings. The summed E-state index contributed by atoms with van der Waals surface area (Å²) in [5.74, 6) is -0.902. The summed E-state index contributed by atoms with van der Waals surface area (Å²) < 4.78 is 13.3. The van der Waals surface area contributed by atoms with E-state index in [2.05, 4.69) is 6.58 Å². The third-order valence-corrected chi connectivity index (χ3v) is 2.14. The fourth-order valence-corrected chi connectivity index (χ4v) is 1.31. The molecule has 0 saturated carbocycles. The molecule has 1 atom stereocenters. The van der Waals surface area contributed by atoms with Gasteiger partial charge in [0.25, 0.3) is 0 Å². The van der Waals surface area contributed by atoms with Crippen molar-refractivity contribution in [3.05, 3.63) is 47.8 Å². The molecule has 3 heteroatoms. The Bertz CT molecular complexity index is 387. The molecular formula is C12H14FNO. The van der Waals surface area contributed by atoms with Crippen LogP contribution in [-0.4, -0.2) is 11.8 Å². The van der Waals surface area contributed by atoms with Crippen LogP contribution in [0.5, 0.6) is 0 Å². The van der Waals surface area contributed by atoms with Gasteiger partial charge in [-0.2, -0.15) is 0 Å². The van der Waals surface area contributed by atoms with Gasteiger partial charge in [-0.3, -0.25) is 4.79 Å². The molecule has 0 bridgehead atoms. The summed E-state index contributed by atoms with van der Waals surface area (Å²) in [5.41, 5.74) is 6.49. The number of nitrogens with two attached hydrogens (primary N) is 1. The molecule has 0 aliphatic heterocycles. The Balaban J connectivity index is 2.99. The second-order valence-corrected chi connectivity index (χ2v) is 3.48. The molecule has 0 amide bonds. The van der Waals surface area contributed by atoms with Crippen LogP contribution in [0, 0.1) is 12.7 Å².